The van der Waals surface area contributed by atoms with Crippen LogP contribution in [-0.4, -0.2) is 28.3 Å². The number of hydrogen-bond donors (Lipinski definition) is 1. The van der Waals surface area contributed by atoms with Gasteiger partial charge < -0.3 is 14.4 Å². The normalized spacial score (nSPS) is 10.2. The molecule has 0 saturated carbocycles. The number of rotatable bonds is 3. The van der Waals surface area contributed by atoms with Crippen molar-refractivity contribution in [3.05, 3.63) is 29.6 Å². The molecule has 0 spiro atoms. The fourth-order valence-electron chi connectivity index (χ4n) is 1.41. The molecule has 0 amide bonds. The standard InChI is InChI=1S/C11H10N2O4/c1-6-12-10(17-13-6)8-4-3-7(11(14)15)5-9(8)16-2/h3-5H,1-2H3,(H,14,15). The van der Waals surface area contributed by atoms with Crippen molar-refractivity contribution in [3.8, 4) is 17.2 Å². The first-order valence-corrected chi connectivity index (χ1v) is 4.84. The molecule has 2 aromatic rings. The van der Waals surface area contributed by atoms with E-state index < -0.39 is 5.97 Å². The van der Waals surface area contributed by atoms with Crippen LogP contribution in [0.15, 0.2) is 22.7 Å². The van der Waals surface area contributed by atoms with Gasteiger partial charge in [-0.15, -0.1) is 0 Å². The van der Waals surface area contributed by atoms with Crippen LogP contribution in [0.2, 0.25) is 0 Å². The van der Waals surface area contributed by atoms with Crippen LogP contribution >= 0.6 is 0 Å². The summed E-state index contributed by atoms with van der Waals surface area (Å²) in [6.45, 7) is 1.70. The van der Waals surface area contributed by atoms with Crippen molar-refractivity contribution >= 4 is 5.97 Å². The quantitative estimate of drug-likeness (QED) is 0.870. The Kier molecular flexibility index (Phi) is 2.78. The molecule has 6 heteroatoms. The van der Waals surface area contributed by atoms with E-state index in [0.29, 0.717) is 23.0 Å². The van der Waals surface area contributed by atoms with Crippen molar-refractivity contribution in [1.82, 2.24) is 10.1 Å². The number of aryl methyl sites for hydroxylation is 1. The van der Waals surface area contributed by atoms with Gasteiger partial charge in [0.05, 0.1) is 18.2 Å². The molecule has 1 aromatic carbocycles. The number of benzene rings is 1. The summed E-state index contributed by atoms with van der Waals surface area (Å²) in [4.78, 5) is 14.9. The van der Waals surface area contributed by atoms with Gasteiger partial charge in [-0.05, 0) is 25.1 Å². The fraction of sp³-hybridized carbons (Fsp3) is 0.182. The Morgan fingerprint density at radius 2 is 2.24 bits per heavy atom. The molecule has 0 aliphatic carbocycles. The predicted octanol–water partition coefficient (Wildman–Crippen LogP) is 1.75. The van der Waals surface area contributed by atoms with Gasteiger partial charge in [0.15, 0.2) is 5.82 Å². The minimum atomic E-state index is -1.02. The second-order valence-electron chi connectivity index (χ2n) is 3.37. The number of aromatic nitrogens is 2. The molecule has 88 valence electrons. The van der Waals surface area contributed by atoms with Crippen LogP contribution in [0.25, 0.3) is 11.5 Å². The third kappa shape index (κ3) is 2.10. The number of ether oxygens (including phenoxy) is 1. The molecule has 1 N–H and O–H groups in total. The van der Waals surface area contributed by atoms with Gasteiger partial charge in [0, 0.05) is 0 Å². The highest BCUT2D eigenvalue weighted by atomic mass is 16.5. The molecular formula is C11H10N2O4. The molecule has 1 heterocycles. The molecule has 6 nitrogen and oxygen atoms in total. The SMILES string of the molecule is COc1cc(C(=O)O)ccc1-c1nc(C)no1. The third-order valence-electron chi connectivity index (χ3n) is 2.21. The lowest BCUT2D eigenvalue weighted by Gasteiger charge is -2.05. The average Bonchev–Trinajstić information content (AvgIpc) is 2.74. The van der Waals surface area contributed by atoms with E-state index in [1.165, 1.54) is 19.2 Å². The molecule has 0 unspecified atom stereocenters. The largest absolute Gasteiger partial charge is 0.496 e. The van der Waals surface area contributed by atoms with Gasteiger partial charge in [0.25, 0.3) is 5.89 Å². The van der Waals surface area contributed by atoms with Crippen LogP contribution in [0, 0.1) is 6.92 Å². The zero-order valence-electron chi connectivity index (χ0n) is 9.30. The predicted molar refractivity (Wildman–Crippen MR) is 58.0 cm³/mol. The summed E-state index contributed by atoms with van der Waals surface area (Å²) >= 11 is 0. The van der Waals surface area contributed by atoms with Crippen molar-refractivity contribution in [1.29, 1.82) is 0 Å². The first-order valence-electron chi connectivity index (χ1n) is 4.84. The lowest BCUT2D eigenvalue weighted by Crippen LogP contribution is -1.98. The van der Waals surface area contributed by atoms with Crippen LogP contribution in [0.1, 0.15) is 16.2 Å². The topological polar surface area (TPSA) is 85.5 Å². The highest BCUT2D eigenvalue weighted by molar-refractivity contribution is 5.89. The number of aromatic carboxylic acids is 1. The molecule has 0 atom stereocenters. The monoisotopic (exact) mass is 234 g/mol. The van der Waals surface area contributed by atoms with Crippen LogP contribution in [0.3, 0.4) is 0 Å². The number of hydrogen-bond acceptors (Lipinski definition) is 5. The molecule has 2 rings (SSSR count). The van der Waals surface area contributed by atoms with Gasteiger partial charge >= 0.3 is 5.97 Å². The summed E-state index contributed by atoms with van der Waals surface area (Å²) in [5, 5.41) is 12.5. The number of carboxylic acids is 1. The molecular weight excluding hydrogens is 224 g/mol. The van der Waals surface area contributed by atoms with E-state index in [1.807, 2.05) is 0 Å². The van der Waals surface area contributed by atoms with Crippen molar-refractivity contribution in [3.63, 3.8) is 0 Å². The van der Waals surface area contributed by atoms with Gasteiger partial charge in [-0.2, -0.15) is 4.98 Å². The van der Waals surface area contributed by atoms with Crippen molar-refractivity contribution in [2.24, 2.45) is 0 Å². The van der Waals surface area contributed by atoms with Gasteiger partial charge in [0.1, 0.15) is 5.75 Å². The summed E-state index contributed by atoms with van der Waals surface area (Å²) in [5.41, 5.74) is 0.708. The van der Waals surface area contributed by atoms with E-state index in [-0.39, 0.29) is 5.56 Å². The minimum Gasteiger partial charge on any atom is -0.496 e. The molecule has 0 aliphatic heterocycles. The van der Waals surface area contributed by atoms with Gasteiger partial charge in [0.2, 0.25) is 0 Å². The van der Waals surface area contributed by atoms with Crippen molar-refractivity contribution < 1.29 is 19.2 Å². The Balaban J connectivity index is 2.51. The smallest absolute Gasteiger partial charge is 0.335 e. The summed E-state index contributed by atoms with van der Waals surface area (Å²) < 4.78 is 10.1. The number of nitrogens with zero attached hydrogens (tertiary/aromatic N) is 2. The van der Waals surface area contributed by atoms with E-state index in [2.05, 4.69) is 10.1 Å². The molecule has 0 saturated heterocycles. The Bertz CT molecular complexity index is 562. The zero-order valence-corrected chi connectivity index (χ0v) is 9.30. The lowest BCUT2D eigenvalue weighted by atomic mass is 10.1. The van der Waals surface area contributed by atoms with E-state index in [4.69, 9.17) is 14.4 Å². The van der Waals surface area contributed by atoms with Gasteiger partial charge in [-0.1, -0.05) is 5.16 Å². The highest BCUT2D eigenvalue weighted by Crippen LogP contribution is 2.29. The molecule has 0 bridgehead atoms. The Labute approximate surface area is 96.8 Å². The van der Waals surface area contributed by atoms with Crippen molar-refractivity contribution in [2.75, 3.05) is 7.11 Å². The maximum atomic E-state index is 10.8. The Morgan fingerprint density at radius 1 is 1.47 bits per heavy atom. The first-order chi connectivity index (χ1) is 8.11. The maximum absolute atomic E-state index is 10.8. The molecule has 0 aliphatic rings. The second-order valence-corrected chi connectivity index (χ2v) is 3.37. The molecule has 1 aromatic heterocycles. The fourth-order valence-corrected chi connectivity index (χ4v) is 1.41. The number of methoxy groups -OCH3 is 1. The van der Waals surface area contributed by atoms with E-state index in [1.54, 1.807) is 13.0 Å². The van der Waals surface area contributed by atoms with E-state index >= 15 is 0 Å². The number of carbonyl (C=O) groups is 1. The summed E-state index contributed by atoms with van der Waals surface area (Å²) in [5.74, 6) is 0.172. The van der Waals surface area contributed by atoms with Crippen molar-refractivity contribution in [2.45, 2.75) is 6.92 Å². The second kappa shape index (κ2) is 4.25. The van der Waals surface area contributed by atoms with Crippen LogP contribution in [0.5, 0.6) is 5.75 Å². The minimum absolute atomic E-state index is 0.141. The highest BCUT2D eigenvalue weighted by Gasteiger charge is 2.14. The molecule has 17 heavy (non-hydrogen) atoms. The summed E-state index contributed by atoms with van der Waals surface area (Å²) in [6, 6.07) is 4.45. The average molecular weight is 234 g/mol. The van der Waals surface area contributed by atoms with Crippen LogP contribution in [-0.2, 0) is 0 Å². The van der Waals surface area contributed by atoms with E-state index in [9.17, 15) is 4.79 Å². The van der Waals surface area contributed by atoms with Crippen LogP contribution < -0.4 is 4.74 Å². The zero-order chi connectivity index (χ0) is 12.4. The molecule has 0 fully saturated rings. The summed E-state index contributed by atoms with van der Waals surface area (Å²) in [7, 11) is 1.45. The lowest BCUT2D eigenvalue weighted by molar-refractivity contribution is 0.0696. The first kappa shape index (κ1) is 11.1. The maximum Gasteiger partial charge on any atom is 0.335 e. The van der Waals surface area contributed by atoms with Gasteiger partial charge in [-0.3, -0.25) is 0 Å². The van der Waals surface area contributed by atoms with E-state index in [0.717, 1.165) is 0 Å². The van der Waals surface area contributed by atoms with Gasteiger partial charge in [-0.25, -0.2) is 4.79 Å². The van der Waals surface area contributed by atoms with Crippen LogP contribution in [0.4, 0.5) is 0 Å². The molecule has 0 radical (unpaired) electrons. The Hall–Kier alpha value is -2.37. The summed E-state index contributed by atoms with van der Waals surface area (Å²) in [6.07, 6.45) is 0. The Morgan fingerprint density at radius 3 is 2.76 bits per heavy atom. The third-order valence-corrected chi connectivity index (χ3v) is 2.21. The number of carboxylic acid groups (broad SMARTS) is 1.